The van der Waals surface area contributed by atoms with Crippen LogP contribution in [0.4, 0.5) is 5.69 Å². The number of imide groups is 1. The Morgan fingerprint density at radius 3 is 2.47 bits per heavy atom. The fraction of sp³-hybridized carbons (Fsp3) is 0.273. The number of nitro groups is 1. The number of carbonyl (C=O) groups is 4. The minimum atomic E-state index is -0.755. The maximum atomic E-state index is 13.3. The van der Waals surface area contributed by atoms with Gasteiger partial charge in [0.05, 0.1) is 21.6 Å². The zero-order valence-electron chi connectivity index (χ0n) is 17.1. The number of nitrogens with zero attached hydrogens (tertiary/aromatic N) is 3. The Hall–Kier alpha value is -3.66. The van der Waals surface area contributed by atoms with Gasteiger partial charge in [-0.25, -0.2) is 5.01 Å². The van der Waals surface area contributed by atoms with Crippen molar-refractivity contribution in [3.8, 4) is 0 Å². The first-order valence-electron chi connectivity index (χ1n) is 9.94. The maximum absolute atomic E-state index is 13.3. The van der Waals surface area contributed by atoms with Crippen LogP contribution >= 0.6 is 11.3 Å². The van der Waals surface area contributed by atoms with Crippen molar-refractivity contribution in [3.63, 3.8) is 0 Å². The molecule has 3 amide bonds. The van der Waals surface area contributed by atoms with E-state index in [1.807, 2.05) is 13.0 Å². The lowest BCUT2D eigenvalue weighted by molar-refractivity contribution is -0.384. The lowest BCUT2D eigenvalue weighted by Crippen LogP contribution is -2.52. The van der Waals surface area contributed by atoms with Crippen molar-refractivity contribution in [2.24, 2.45) is 11.8 Å². The van der Waals surface area contributed by atoms with Gasteiger partial charge in [-0.1, -0.05) is 17.7 Å². The minimum absolute atomic E-state index is 0.0272. The predicted octanol–water partition coefficient (Wildman–Crippen LogP) is 3.24. The van der Waals surface area contributed by atoms with Gasteiger partial charge < -0.3 is 0 Å². The van der Waals surface area contributed by atoms with E-state index in [-0.39, 0.29) is 11.3 Å². The Morgan fingerprint density at radius 1 is 1.16 bits per heavy atom. The van der Waals surface area contributed by atoms with Gasteiger partial charge in [0.15, 0.2) is 5.78 Å². The average molecular weight is 453 g/mol. The fourth-order valence-electron chi connectivity index (χ4n) is 4.02. The summed E-state index contributed by atoms with van der Waals surface area (Å²) in [6, 6.07) is 8.10. The number of rotatable bonds is 6. The van der Waals surface area contributed by atoms with Crippen molar-refractivity contribution in [1.29, 1.82) is 0 Å². The van der Waals surface area contributed by atoms with Crippen molar-refractivity contribution in [2.75, 3.05) is 6.54 Å². The van der Waals surface area contributed by atoms with Gasteiger partial charge in [-0.05, 0) is 43.3 Å². The van der Waals surface area contributed by atoms with E-state index in [1.54, 1.807) is 17.5 Å². The highest BCUT2D eigenvalue weighted by molar-refractivity contribution is 7.12. The normalized spacial score (nSPS) is 20.0. The maximum Gasteiger partial charge on any atom is 0.273 e. The van der Waals surface area contributed by atoms with Crippen LogP contribution in [0.15, 0.2) is 53.4 Å². The van der Waals surface area contributed by atoms with E-state index in [0.717, 1.165) is 27.7 Å². The summed E-state index contributed by atoms with van der Waals surface area (Å²) in [6.07, 6.45) is 2.73. The quantitative estimate of drug-likeness (QED) is 0.218. The molecule has 2 atom stereocenters. The Labute approximate surface area is 187 Å². The molecule has 2 heterocycles. The molecule has 1 saturated heterocycles. The lowest BCUT2D eigenvalue weighted by Gasteiger charge is -2.29. The largest absolute Gasteiger partial charge is 0.291 e. The molecule has 1 aromatic heterocycles. The molecule has 0 N–H and O–H groups in total. The summed E-state index contributed by atoms with van der Waals surface area (Å²) >= 11 is 1.19. The lowest BCUT2D eigenvalue weighted by atomic mass is 9.82. The number of non-ortho nitro benzene ring substituents is 1. The number of nitro benzene ring substituents is 1. The van der Waals surface area contributed by atoms with Crippen molar-refractivity contribution in [3.05, 3.63) is 74.0 Å². The molecule has 0 radical (unpaired) electrons. The van der Waals surface area contributed by atoms with Gasteiger partial charge in [-0.3, -0.25) is 29.3 Å². The first-order valence-corrected chi connectivity index (χ1v) is 10.8. The molecular formula is C22H19N3O6S. The zero-order valence-corrected chi connectivity index (χ0v) is 17.9. The Bertz CT molecular complexity index is 1140. The molecule has 1 aliphatic carbocycles. The van der Waals surface area contributed by atoms with Crippen LogP contribution in [0.25, 0.3) is 0 Å². The molecule has 2 aliphatic rings. The second-order valence-corrected chi connectivity index (χ2v) is 8.71. The number of thiophene rings is 1. The van der Waals surface area contributed by atoms with E-state index in [0.29, 0.717) is 17.7 Å². The topological polar surface area (TPSA) is 118 Å². The molecule has 10 heteroatoms. The first-order chi connectivity index (χ1) is 15.3. The summed E-state index contributed by atoms with van der Waals surface area (Å²) in [5.41, 5.74) is 0.820. The SMILES string of the molecule is CC1=CC[C@@H]2C(=O)N(N(CC(=O)c3cccs3)C(=O)c3ccc([N+](=O)[O-])cc3)C(=O)[C@@H]2C1. The number of hydrazine groups is 1. The first kappa shape index (κ1) is 21.6. The number of allylic oxidation sites excluding steroid dienone is 2. The zero-order chi connectivity index (χ0) is 23.0. The molecule has 2 aromatic rings. The molecule has 0 spiro atoms. The van der Waals surface area contributed by atoms with Crippen molar-refractivity contribution in [2.45, 2.75) is 19.8 Å². The third kappa shape index (κ3) is 3.84. The predicted molar refractivity (Wildman–Crippen MR) is 115 cm³/mol. The molecule has 4 rings (SSSR count). The second kappa shape index (κ2) is 8.46. The Balaban J connectivity index is 1.68. The monoisotopic (exact) mass is 453 g/mol. The Kier molecular flexibility index (Phi) is 5.70. The van der Waals surface area contributed by atoms with Gasteiger partial charge in [0.25, 0.3) is 23.4 Å². The summed E-state index contributed by atoms with van der Waals surface area (Å²) in [7, 11) is 0. The number of benzene rings is 1. The number of amides is 3. The van der Waals surface area contributed by atoms with Gasteiger partial charge in [-0.2, -0.15) is 5.01 Å². The van der Waals surface area contributed by atoms with Gasteiger partial charge in [-0.15, -0.1) is 11.3 Å². The third-order valence-corrected chi connectivity index (χ3v) is 6.60. The number of carbonyl (C=O) groups excluding carboxylic acids is 4. The van der Waals surface area contributed by atoms with Crippen LogP contribution in [0.1, 0.15) is 39.8 Å². The number of Topliss-reactive ketones (excluding diaryl/α,β-unsaturated/α-hetero) is 1. The van der Waals surface area contributed by atoms with Crippen LogP contribution in [-0.2, 0) is 9.59 Å². The van der Waals surface area contributed by atoms with Crippen LogP contribution in [0, 0.1) is 22.0 Å². The molecule has 32 heavy (non-hydrogen) atoms. The van der Waals surface area contributed by atoms with Crippen LogP contribution in [0.3, 0.4) is 0 Å². The fourth-order valence-corrected chi connectivity index (χ4v) is 4.67. The molecule has 0 unspecified atom stereocenters. The molecular weight excluding hydrogens is 434 g/mol. The summed E-state index contributed by atoms with van der Waals surface area (Å²) in [6.45, 7) is 1.39. The number of hydrogen-bond acceptors (Lipinski definition) is 7. The van der Waals surface area contributed by atoms with Crippen molar-refractivity contribution in [1.82, 2.24) is 10.0 Å². The van der Waals surface area contributed by atoms with Gasteiger partial charge >= 0.3 is 0 Å². The molecule has 1 aliphatic heterocycles. The van der Waals surface area contributed by atoms with E-state index in [4.69, 9.17) is 0 Å². The highest BCUT2D eigenvalue weighted by Crippen LogP contribution is 2.38. The van der Waals surface area contributed by atoms with E-state index in [1.165, 1.54) is 23.5 Å². The average Bonchev–Trinajstić information content (AvgIpc) is 3.40. The van der Waals surface area contributed by atoms with E-state index < -0.39 is 46.8 Å². The number of hydrogen-bond donors (Lipinski definition) is 0. The highest BCUT2D eigenvalue weighted by Gasteiger charge is 2.51. The van der Waals surface area contributed by atoms with Crippen molar-refractivity contribution < 1.29 is 24.1 Å². The summed E-state index contributed by atoms with van der Waals surface area (Å²) in [5.74, 6) is -3.35. The second-order valence-electron chi connectivity index (χ2n) is 7.76. The van der Waals surface area contributed by atoms with Crippen molar-refractivity contribution >= 4 is 40.5 Å². The summed E-state index contributed by atoms with van der Waals surface area (Å²) in [5, 5.41) is 14.3. The van der Waals surface area contributed by atoms with E-state index in [9.17, 15) is 29.3 Å². The highest BCUT2D eigenvalue weighted by atomic mass is 32.1. The van der Waals surface area contributed by atoms with Crippen LogP contribution in [0.2, 0.25) is 0 Å². The van der Waals surface area contributed by atoms with Crippen LogP contribution in [0.5, 0.6) is 0 Å². The summed E-state index contributed by atoms with van der Waals surface area (Å²) < 4.78 is 0. The molecule has 1 aromatic carbocycles. The summed E-state index contributed by atoms with van der Waals surface area (Å²) in [4.78, 5) is 63.1. The molecule has 0 bridgehead atoms. The molecule has 164 valence electrons. The number of ketones is 1. The van der Waals surface area contributed by atoms with Gasteiger partial charge in [0.2, 0.25) is 0 Å². The van der Waals surface area contributed by atoms with Crippen LogP contribution < -0.4 is 0 Å². The number of fused-ring (bicyclic) bond motifs is 1. The molecule has 9 nitrogen and oxygen atoms in total. The molecule has 0 saturated carbocycles. The molecule has 1 fully saturated rings. The van der Waals surface area contributed by atoms with Gasteiger partial charge in [0, 0.05) is 17.7 Å². The van der Waals surface area contributed by atoms with E-state index >= 15 is 0 Å². The smallest absolute Gasteiger partial charge is 0.273 e. The third-order valence-electron chi connectivity index (χ3n) is 5.69. The van der Waals surface area contributed by atoms with Crippen LogP contribution in [-0.4, -0.2) is 45.0 Å². The van der Waals surface area contributed by atoms with E-state index in [2.05, 4.69) is 0 Å². The Morgan fingerprint density at radius 2 is 1.84 bits per heavy atom. The van der Waals surface area contributed by atoms with Gasteiger partial charge in [0.1, 0.15) is 6.54 Å². The minimum Gasteiger partial charge on any atom is -0.291 e. The standard InChI is InChI=1S/C22H19N3O6S/c1-13-4-9-16-17(11-13)22(29)24(21(16)28)23(12-18(26)19-3-2-10-32-19)20(27)14-5-7-15(8-6-14)25(30)31/h2-8,10,16-17H,9,11-12H2,1H3/t16-,17+/m0/s1.